The summed E-state index contributed by atoms with van der Waals surface area (Å²) in [4.78, 5) is 12.8. The molecule has 0 heterocycles. The van der Waals surface area contributed by atoms with Gasteiger partial charge in [-0.15, -0.1) is 0 Å². The van der Waals surface area contributed by atoms with Crippen molar-refractivity contribution < 1.29 is 22.7 Å². The minimum atomic E-state index is -3.52. The fourth-order valence-corrected chi connectivity index (χ4v) is 3.55. The number of ether oxygens (including phenoxy) is 2. The van der Waals surface area contributed by atoms with Crippen molar-refractivity contribution in [3.05, 3.63) is 48.0 Å². The summed E-state index contributed by atoms with van der Waals surface area (Å²) >= 11 is 0. The van der Waals surface area contributed by atoms with Crippen molar-refractivity contribution in [3.63, 3.8) is 0 Å². The van der Waals surface area contributed by atoms with Crippen LogP contribution in [0.4, 0.5) is 5.69 Å². The van der Waals surface area contributed by atoms with Gasteiger partial charge >= 0.3 is 0 Å². The van der Waals surface area contributed by atoms with E-state index in [4.69, 9.17) is 9.47 Å². The number of unbranched alkanes of at least 4 members (excludes halogenated alkanes) is 1. The van der Waals surface area contributed by atoms with Crippen molar-refractivity contribution in [2.24, 2.45) is 0 Å². The molecular weight excluding hydrogens is 366 g/mol. The molecule has 0 fully saturated rings. The Hall–Kier alpha value is -2.54. The summed E-state index contributed by atoms with van der Waals surface area (Å²) in [5, 5.41) is 2.76. The summed E-state index contributed by atoms with van der Waals surface area (Å²) in [5.41, 5.74) is 0.529. The molecule has 0 radical (unpaired) electrons. The Bertz CT molecular complexity index is 893. The monoisotopic (exact) mass is 391 g/mol. The molecule has 6 nitrogen and oxygen atoms in total. The summed E-state index contributed by atoms with van der Waals surface area (Å²) in [6.07, 6.45) is 1.87. The number of anilines is 1. The van der Waals surface area contributed by atoms with Gasteiger partial charge in [-0.25, -0.2) is 8.42 Å². The highest BCUT2D eigenvalue weighted by Gasteiger charge is 2.21. The number of hydrogen-bond acceptors (Lipinski definition) is 5. The van der Waals surface area contributed by atoms with Crippen LogP contribution in [0.1, 0.15) is 37.0 Å². The number of carbonyl (C=O) groups is 1. The van der Waals surface area contributed by atoms with Crippen molar-refractivity contribution in [1.82, 2.24) is 0 Å². The lowest BCUT2D eigenvalue weighted by molar-refractivity contribution is 0.102. The first-order valence-electron chi connectivity index (χ1n) is 8.87. The van der Waals surface area contributed by atoms with Crippen LogP contribution in [0, 0.1) is 0 Å². The van der Waals surface area contributed by atoms with Gasteiger partial charge in [0.2, 0.25) is 0 Å². The third-order valence-corrected chi connectivity index (χ3v) is 5.82. The maximum atomic E-state index is 12.8. The van der Waals surface area contributed by atoms with Gasteiger partial charge in [-0.2, -0.15) is 0 Å². The van der Waals surface area contributed by atoms with E-state index in [2.05, 4.69) is 12.2 Å². The molecule has 0 aliphatic carbocycles. The molecule has 0 saturated heterocycles. The van der Waals surface area contributed by atoms with Gasteiger partial charge in [0, 0.05) is 6.07 Å². The van der Waals surface area contributed by atoms with E-state index in [1.165, 1.54) is 19.2 Å². The highest BCUT2D eigenvalue weighted by molar-refractivity contribution is 7.91. The van der Waals surface area contributed by atoms with Crippen LogP contribution in [0.15, 0.2) is 47.4 Å². The van der Waals surface area contributed by atoms with Gasteiger partial charge in [-0.3, -0.25) is 4.79 Å². The molecule has 0 spiro atoms. The number of nitrogens with one attached hydrogen (secondary N) is 1. The van der Waals surface area contributed by atoms with Crippen molar-refractivity contribution in [3.8, 4) is 11.5 Å². The minimum Gasteiger partial charge on any atom is -0.497 e. The van der Waals surface area contributed by atoms with Gasteiger partial charge in [0.25, 0.3) is 5.91 Å². The normalized spacial score (nSPS) is 11.1. The predicted octanol–water partition coefficient (Wildman–Crippen LogP) is 3.92. The topological polar surface area (TPSA) is 81.7 Å². The number of rotatable bonds is 9. The molecule has 146 valence electrons. The molecule has 0 atom stereocenters. The Balaban J connectivity index is 2.35. The first kappa shape index (κ1) is 20.8. The lowest BCUT2D eigenvalue weighted by Crippen LogP contribution is -2.18. The average Bonchev–Trinajstić information content (AvgIpc) is 2.69. The Kier molecular flexibility index (Phi) is 7.24. The number of carbonyl (C=O) groups excluding carboxylic acids is 1. The van der Waals surface area contributed by atoms with E-state index in [-0.39, 0.29) is 16.2 Å². The third-order valence-electron chi connectivity index (χ3n) is 4.04. The smallest absolute Gasteiger partial charge is 0.257 e. The van der Waals surface area contributed by atoms with Crippen LogP contribution in [0.2, 0.25) is 0 Å². The molecule has 0 unspecified atom stereocenters. The maximum absolute atomic E-state index is 12.8. The summed E-state index contributed by atoms with van der Waals surface area (Å²) in [6.45, 7) is 4.13. The van der Waals surface area contributed by atoms with Crippen molar-refractivity contribution in [2.45, 2.75) is 31.6 Å². The molecule has 1 N–H and O–H groups in total. The highest BCUT2D eigenvalue weighted by atomic mass is 32.2. The first-order valence-corrected chi connectivity index (χ1v) is 10.5. The summed E-state index contributed by atoms with van der Waals surface area (Å²) in [5.74, 6) is 0.467. The van der Waals surface area contributed by atoms with E-state index < -0.39 is 15.7 Å². The van der Waals surface area contributed by atoms with Gasteiger partial charge in [-0.1, -0.05) is 32.4 Å². The van der Waals surface area contributed by atoms with E-state index in [1.54, 1.807) is 37.3 Å². The van der Waals surface area contributed by atoms with Crippen LogP contribution >= 0.6 is 0 Å². The Morgan fingerprint density at radius 2 is 1.85 bits per heavy atom. The second-order valence-corrected chi connectivity index (χ2v) is 8.16. The molecule has 2 rings (SSSR count). The summed E-state index contributed by atoms with van der Waals surface area (Å²) < 4.78 is 35.6. The molecule has 7 heteroatoms. The van der Waals surface area contributed by atoms with Crippen LogP contribution < -0.4 is 14.8 Å². The quantitative estimate of drug-likeness (QED) is 0.655. The van der Waals surface area contributed by atoms with Crippen LogP contribution in [0.3, 0.4) is 0 Å². The lowest BCUT2D eigenvalue weighted by atomic mass is 10.2. The van der Waals surface area contributed by atoms with Gasteiger partial charge in [-0.05, 0) is 30.7 Å². The van der Waals surface area contributed by atoms with Crippen LogP contribution in [0.5, 0.6) is 11.5 Å². The molecule has 2 aromatic rings. The van der Waals surface area contributed by atoms with Gasteiger partial charge in [0.1, 0.15) is 11.5 Å². The number of sulfone groups is 1. The second kappa shape index (κ2) is 9.41. The number of amides is 1. The largest absolute Gasteiger partial charge is 0.497 e. The fourth-order valence-electron chi connectivity index (χ4n) is 2.46. The Morgan fingerprint density at radius 1 is 1.11 bits per heavy atom. The zero-order valence-electron chi connectivity index (χ0n) is 15.8. The zero-order valence-corrected chi connectivity index (χ0v) is 16.6. The average molecular weight is 391 g/mol. The molecule has 0 aliphatic rings. The molecule has 2 aromatic carbocycles. The van der Waals surface area contributed by atoms with E-state index in [9.17, 15) is 13.2 Å². The van der Waals surface area contributed by atoms with Gasteiger partial charge in [0.15, 0.2) is 9.84 Å². The third kappa shape index (κ3) is 5.23. The SMILES string of the molecule is CCCCOc1ccc(OC)cc1NC(=O)c1ccccc1S(=O)(=O)CC. The number of benzene rings is 2. The Morgan fingerprint density at radius 3 is 2.52 bits per heavy atom. The van der Waals surface area contributed by atoms with Crippen molar-refractivity contribution in [1.29, 1.82) is 0 Å². The predicted molar refractivity (Wildman–Crippen MR) is 106 cm³/mol. The Labute approximate surface area is 160 Å². The maximum Gasteiger partial charge on any atom is 0.257 e. The summed E-state index contributed by atoms with van der Waals surface area (Å²) in [7, 11) is -1.99. The minimum absolute atomic E-state index is 0.0151. The molecule has 0 bridgehead atoms. The van der Waals surface area contributed by atoms with Crippen LogP contribution in [-0.4, -0.2) is 33.8 Å². The highest BCUT2D eigenvalue weighted by Crippen LogP contribution is 2.30. The molecule has 0 aliphatic heterocycles. The molecule has 0 saturated carbocycles. The first-order chi connectivity index (χ1) is 12.9. The van der Waals surface area contributed by atoms with Crippen molar-refractivity contribution >= 4 is 21.4 Å². The summed E-state index contributed by atoms with van der Waals surface area (Å²) in [6, 6.07) is 11.3. The lowest BCUT2D eigenvalue weighted by Gasteiger charge is -2.15. The standard InChI is InChI=1S/C20H25NO5S/c1-4-6-13-26-18-12-11-15(25-3)14-17(18)21-20(22)16-9-7-8-10-19(16)27(23,24)5-2/h7-12,14H,4-6,13H2,1-3H3,(H,21,22). The number of hydrogen-bond donors (Lipinski definition) is 1. The van der Waals surface area contributed by atoms with Crippen LogP contribution in [0.25, 0.3) is 0 Å². The van der Waals surface area contributed by atoms with E-state index >= 15 is 0 Å². The molecular formula is C20H25NO5S. The molecule has 27 heavy (non-hydrogen) atoms. The van der Waals surface area contributed by atoms with E-state index in [1.807, 2.05) is 0 Å². The second-order valence-electron chi connectivity index (χ2n) is 5.92. The van der Waals surface area contributed by atoms with E-state index in [0.717, 1.165) is 12.8 Å². The van der Waals surface area contributed by atoms with E-state index in [0.29, 0.717) is 23.8 Å². The number of methoxy groups -OCH3 is 1. The van der Waals surface area contributed by atoms with Crippen LogP contribution in [-0.2, 0) is 9.84 Å². The molecule has 1 amide bonds. The van der Waals surface area contributed by atoms with Gasteiger partial charge < -0.3 is 14.8 Å². The van der Waals surface area contributed by atoms with Crippen molar-refractivity contribution in [2.75, 3.05) is 24.8 Å². The van der Waals surface area contributed by atoms with Gasteiger partial charge in [0.05, 0.1) is 35.6 Å². The zero-order chi connectivity index (χ0) is 19.9. The molecule has 0 aromatic heterocycles. The fraction of sp³-hybridized carbons (Fsp3) is 0.350.